The van der Waals surface area contributed by atoms with Gasteiger partial charge in [0, 0.05) is 38.3 Å². The van der Waals surface area contributed by atoms with Crippen molar-refractivity contribution in [2.24, 2.45) is 5.73 Å². The van der Waals surface area contributed by atoms with E-state index in [-0.39, 0.29) is 0 Å². The van der Waals surface area contributed by atoms with Crippen molar-refractivity contribution in [2.75, 3.05) is 32.7 Å². The molecule has 1 saturated heterocycles. The van der Waals surface area contributed by atoms with Gasteiger partial charge >= 0.3 is 0 Å². The Morgan fingerprint density at radius 2 is 2.15 bits per heavy atom. The maximum Gasteiger partial charge on any atom is 0.0195 e. The van der Waals surface area contributed by atoms with Crippen molar-refractivity contribution in [3.8, 4) is 0 Å². The Bertz CT molecular complexity index is 147. The summed E-state index contributed by atoms with van der Waals surface area (Å²) >= 11 is 0. The molecule has 0 saturated carbocycles. The molecule has 0 radical (unpaired) electrons. The summed E-state index contributed by atoms with van der Waals surface area (Å²) in [7, 11) is 0. The normalized spacial score (nSPS) is 29.1. The van der Waals surface area contributed by atoms with Crippen molar-refractivity contribution in [3.05, 3.63) is 0 Å². The minimum Gasteiger partial charge on any atom is -0.327 e. The second-order valence-electron chi connectivity index (χ2n) is 4.21. The van der Waals surface area contributed by atoms with Gasteiger partial charge in [0.15, 0.2) is 0 Å². The first-order chi connectivity index (χ1) is 6.13. The van der Waals surface area contributed by atoms with Crippen molar-refractivity contribution >= 4 is 0 Å². The van der Waals surface area contributed by atoms with E-state index in [0.29, 0.717) is 12.1 Å². The highest BCUT2D eigenvalue weighted by atomic mass is 15.3. The molecule has 13 heavy (non-hydrogen) atoms. The van der Waals surface area contributed by atoms with Gasteiger partial charge in [-0.25, -0.2) is 0 Å². The number of likely N-dealkylation sites (N-methyl/N-ethyl adjacent to an activating group) is 1. The Kier molecular flexibility index (Phi) is 4.16. The molecule has 3 heteroatoms. The summed E-state index contributed by atoms with van der Waals surface area (Å²) in [5.74, 6) is 0. The number of piperazine rings is 1. The molecule has 3 nitrogen and oxygen atoms in total. The maximum absolute atomic E-state index is 5.78. The SMILES string of the molecule is CCN1CCN(C[C@@H](C)N)CC1C. The van der Waals surface area contributed by atoms with E-state index < -0.39 is 0 Å². The van der Waals surface area contributed by atoms with Gasteiger partial charge in [0.05, 0.1) is 0 Å². The number of hydrogen-bond acceptors (Lipinski definition) is 3. The monoisotopic (exact) mass is 185 g/mol. The van der Waals surface area contributed by atoms with Crippen molar-refractivity contribution in [2.45, 2.75) is 32.9 Å². The molecule has 2 N–H and O–H groups in total. The fourth-order valence-electron chi connectivity index (χ4n) is 2.11. The average Bonchev–Trinajstić information content (AvgIpc) is 2.03. The minimum absolute atomic E-state index is 0.306. The third-order valence-electron chi connectivity index (χ3n) is 2.80. The van der Waals surface area contributed by atoms with Gasteiger partial charge in [-0.15, -0.1) is 0 Å². The predicted molar refractivity (Wildman–Crippen MR) is 56.8 cm³/mol. The lowest BCUT2D eigenvalue weighted by molar-refractivity contribution is 0.0853. The predicted octanol–water partition coefficient (Wildman–Crippen LogP) is 0.360. The van der Waals surface area contributed by atoms with Crippen LogP contribution in [0.2, 0.25) is 0 Å². The number of nitrogens with two attached hydrogens (primary N) is 1. The van der Waals surface area contributed by atoms with Crippen molar-refractivity contribution in [1.82, 2.24) is 9.80 Å². The summed E-state index contributed by atoms with van der Waals surface area (Å²) in [6, 6.07) is 0.998. The lowest BCUT2D eigenvalue weighted by Gasteiger charge is -2.39. The molecule has 1 unspecified atom stereocenters. The summed E-state index contributed by atoms with van der Waals surface area (Å²) in [6.07, 6.45) is 0. The Hall–Kier alpha value is -0.120. The highest BCUT2D eigenvalue weighted by Crippen LogP contribution is 2.08. The molecule has 1 heterocycles. The minimum atomic E-state index is 0.306. The molecule has 0 amide bonds. The molecular weight excluding hydrogens is 162 g/mol. The van der Waals surface area contributed by atoms with Crippen LogP contribution >= 0.6 is 0 Å². The van der Waals surface area contributed by atoms with Gasteiger partial charge in [0.25, 0.3) is 0 Å². The second-order valence-corrected chi connectivity index (χ2v) is 4.21. The highest BCUT2D eigenvalue weighted by molar-refractivity contribution is 4.79. The maximum atomic E-state index is 5.78. The van der Waals surface area contributed by atoms with Gasteiger partial charge < -0.3 is 5.73 Å². The number of rotatable bonds is 3. The van der Waals surface area contributed by atoms with E-state index in [4.69, 9.17) is 5.73 Å². The quantitative estimate of drug-likeness (QED) is 0.689. The largest absolute Gasteiger partial charge is 0.327 e. The average molecular weight is 185 g/mol. The Balaban J connectivity index is 2.32. The molecule has 78 valence electrons. The van der Waals surface area contributed by atoms with Gasteiger partial charge in [-0.05, 0) is 20.4 Å². The molecule has 1 aliphatic rings. The van der Waals surface area contributed by atoms with Crippen molar-refractivity contribution in [3.63, 3.8) is 0 Å². The third kappa shape index (κ3) is 3.25. The molecule has 1 rings (SSSR count). The summed E-state index contributed by atoms with van der Waals surface area (Å²) in [5, 5.41) is 0. The van der Waals surface area contributed by atoms with Crippen LogP contribution in [0, 0.1) is 0 Å². The van der Waals surface area contributed by atoms with E-state index in [1.165, 1.54) is 26.2 Å². The van der Waals surface area contributed by atoms with Crippen molar-refractivity contribution < 1.29 is 0 Å². The highest BCUT2D eigenvalue weighted by Gasteiger charge is 2.22. The lowest BCUT2D eigenvalue weighted by Crippen LogP contribution is -2.53. The topological polar surface area (TPSA) is 32.5 Å². The van der Waals surface area contributed by atoms with Crippen LogP contribution in [-0.4, -0.2) is 54.6 Å². The van der Waals surface area contributed by atoms with Crippen LogP contribution in [0.15, 0.2) is 0 Å². The van der Waals surface area contributed by atoms with E-state index in [2.05, 4.69) is 30.6 Å². The number of hydrogen-bond donors (Lipinski definition) is 1. The molecule has 0 bridgehead atoms. The van der Waals surface area contributed by atoms with Crippen LogP contribution in [0.25, 0.3) is 0 Å². The van der Waals surface area contributed by atoms with Gasteiger partial charge in [-0.3, -0.25) is 9.80 Å². The molecule has 1 aliphatic heterocycles. The first-order valence-electron chi connectivity index (χ1n) is 5.35. The lowest BCUT2D eigenvalue weighted by atomic mass is 10.2. The van der Waals surface area contributed by atoms with Crippen LogP contribution in [-0.2, 0) is 0 Å². The first-order valence-corrected chi connectivity index (χ1v) is 5.35. The Labute approximate surface area is 81.9 Å². The van der Waals surface area contributed by atoms with Crippen LogP contribution < -0.4 is 5.73 Å². The van der Waals surface area contributed by atoms with Crippen LogP contribution in [0.5, 0.6) is 0 Å². The molecule has 2 atom stereocenters. The molecule has 1 fully saturated rings. The molecular formula is C10H23N3. The fraction of sp³-hybridized carbons (Fsp3) is 1.00. The second kappa shape index (κ2) is 4.94. The smallest absolute Gasteiger partial charge is 0.0195 e. The van der Waals surface area contributed by atoms with E-state index in [1.54, 1.807) is 0 Å². The Morgan fingerprint density at radius 1 is 1.46 bits per heavy atom. The summed E-state index contributed by atoms with van der Waals surface area (Å²) in [4.78, 5) is 5.00. The van der Waals surface area contributed by atoms with Gasteiger partial charge in [0.1, 0.15) is 0 Å². The van der Waals surface area contributed by atoms with E-state index in [9.17, 15) is 0 Å². The van der Waals surface area contributed by atoms with Gasteiger partial charge in [-0.1, -0.05) is 6.92 Å². The fourth-order valence-corrected chi connectivity index (χ4v) is 2.11. The van der Waals surface area contributed by atoms with E-state index in [1.807, 2.05) is 0 Å². The van der Waals surface area contributed by atoms with Crippen LogP contribution in [0.3, 0.4) is 0 Å². The zero-order chi connectivity index (χ0) is 9.84. The zero-order valence-corrected chi connectivity index (χ0v) is 9.16. The summed E-state index contributed by atoms with van der Waals surface area (Å²) < 4.78 is 0. The van der Waals surface area contributed by atoms with Gasteiger partial charge in [0.2, 0.25) is 0 Å². The summed E-state index contributed by atoms with van der Waals surface area (Å²) in [5.41, 5.74) is 5.78. The third-order valence-corrected chi connectivity index (χ3v) is 2.80. The summed E-state index contributed by atoms with van der Waals surface area (Å²) in [6.45, 7) is 12.4. The van der Waals surface area contributed by atoms with Gasteiger partial charge in [-0.2, -0.15) is 0 Å². The molecule has 0 aliphatic carbocycles. The first kappa shape index (κ1) is 11.0. The van der Waals surface area contributed by atoms with Crippen LogP contribution in [0.1, 0.15) is 20.8 Å². The molecule has 0 aromatic carbocycles. The molecule has 0 aromatic rings. The molecule has 0 aromatic heterocycles. The number of nitrogens with zero attached hydrogens (tertiary/aromatic N) is 2. The zero-order valence-electron chi connectivity index (χ0n) is 9.16. The van der Waals surface area contributed by atoms with E-state index >= 15 is 0 Å². The Morgan fingerprint density at radius 3 is 2.62 bits per heavy atom. The van der Waals surface area contributed by atoms with Crippen molar-refractivity contribution in [1.29, 1.82) is 0 Å². The standard InChI is InChI=1S/C10H23N3/c1-4-13-6-5-12(7-9(2)11)8-10(13)3/h9-10H,4-8,11H2,1-3H3/t9-,10?/m1/s1. The molecule has 0 spiro atoms. The van der Waals surface area contributed by atoms with E-state index in [0.717, 1.165) is 6.54 Å². The van der Waals surface area contributed by atoms with Crippen LogP contribution in [0.4, 0.5) is 0 Å².